The Morgan fingerprint density at radius 2 is 1.78 bits per heavy atom. The third kappa shape index (κ3) is 7.12. The number of anilines is 1. The molecule has 2 aliphatic rings. The zero-order valence-electron chi connectivity index (χ0n) is 24.2. The highest BCUT2D eigenvalue weighted by Gasteiger charge is 2.39. The predicted molar refractivity (Wildman–Crippen MR) is 157 cm³/mol. The highest BCUT2D eigenvalue weighted by Crippen LogP contribution is 2.36. The van der Waals surface area contributed by atoms with Crippen molar-refractivity contribution in [2.75, 3.05) is 5.32 Å². The van der Waals surface area contributed by atoms with E-state index < -0.39 is 17.8 Å². The second-order valence-electron chi connectivity index (χ2n) is 11.4. The van der Waals surface area contributed by atoms with Gasteiger partial charge >= 0.3 is 6.18 Å². The minimum atomic E-state index is -4.80. The fourth-order valence-electron chi connectivity index (χ4n) is 5.65. The van der Waals surface area contributed by atoms with Gasteiger partial charge in [0.05, 0.1) is 34.1 Å². The monoisotopic (exact) mass is 645 g/mol. The summed E-state index contributed by atoms with van der Waals surface area (Å²) in [6, 6.07) is 6.17. The van der Waals surface area contributed by atoms with E-state index in [-0.39, 0.29) is 75.8 Å². The Kier molecular flexibility index (Phi) is 9.17. The van der Waals surface area contributed by atoms with Crippen molar-refractivity contribution in [2.24, 2.45) is 18.7 Å². The molecule has 0 spiro atoms. The Morgan fingerprint density at radius 1 is 1.11 bits per heavy atom. The molecule has 16 heteroatoms. The molecule has 0 saturated heterocycles. The lowest BCUT2D eigenvalue weighted by atomic mass is 9.80. The smallest absolute Gasteiger partial charge is 0.353 e. The van der Waals surface area contributed by atoms with Crippen LogP contribution in [0.15, 0.2) is 30.6 Å². The molecule has 1 aromatic carbocycles. The van der Waals surface area contributed by atoms with Gasteiger partial charge in [0.2, 0.25) is 5.91 Å². The van der Waals surface area contributed by atoms with Crippen molar-refractivity contribution < 1.29 is 27.6 Å². The van der Waals surface area contributed by atoms with Gasteiger partial charge in [0, 0.05) is 43.0 Å². The number of hydrogen-bond acceptors (Lipinski definition) is 7. The Hall–Kier alpha value is -4.42. The number of imidazole rings is 1. The second kappa shape index (κ2) is 12.9. The van der Waals surface area contributed by atoms with Crippen molar-refractivity contribution in [2.45, 2.75) is 69.4 Å². The van der Waals surface area contributed by atoms with Crippen LogP contribution in [0.5, 0.6) is 0 Å². The molecule has 2 aliphatic carbocycles. The van der Waals surface area contributed by atoms with Gasteiger partial charge in [-0.15, -0.1) is 0 Å². The molecule has 12 nitrogen and oxygen atoms in total. The SMILES string of the molecule is Cn1c(-c2cn(CC#N)nc2C(F)(F)F)cnc1C(=O)Nc1ccc(C(=O)N[C@H]2CC[C@@H](NC(=O)[C@H]3C[C@H](N)C3)CC2)c(Cl)c1. The van der Waals surface area contributed by atoms with Gasteiger partial charge in [0.1, 0.15) is 6.54 Å². The van der Waals surface area contributed by atoms with E-state index in [0.29, 0.717) is 25.7 Å². The maximum absolute atomic E-state index is 13.6. The van der Waals surface area contributed by atoms with Crippen LogP contribution in [0.2, 0.25) is 5.02 Å². The topological polar surface area (TPSA) is 173 Å². The van der Waals surface area contributed by atoms with Gasteiger partial charge in [-0.2, -0.15) is 23.5 Å². The van der Waals surface area contributed by atoms with E-state index in [4.69, 9.17) is 22.6 Å². The number of halogens is 4. The maximum Gasteiger partial charge on any atom is 0.435 e. The number of hydrogen-bond donors (Lipinski definition) is 4. The van der Waals surface area contributed by atoms with Gasteiger partial charge in [-0.25, -0.2) is 4.98 Å². The number of carbonyl (C=O) groups is 3. The molecule has 3 amide bonds. The molecule has 2 heterocycles. The van der Waals surface area contributed by atoms with Crippen LogP contribution in [0.3, 0.4) is 0 Å². The summed E-state index contributed by atoms with van der Waals surface area (Å²) < 4.78 is 42.9. The van der Waals surface area contributed by atoms with Crippen LogP contribution in [-0.4, -0.2) is 55.2 Å². The number of nitriles is 1. The molecular weight excluding hydrogens is 615 g/mol. The number of alkyl halides is 3. The molecule has 2 fully saturated rings. The second-order valence-corrected chi connectivity index (χ2v) is 11.8. The highest BCUT2D eigenvalue weighted by molar-refractivity contribution is 6.34. The number of nitrogens with one attached hydrogen (secondary N) is 3. The summed E-state index contributed by atoms with van der Waals surface area (Å²) >= 11 is 6.39. The van der Waals surface area contributed by atoms with Crippen LogP contribution in [0.4, 0.5) is 18.9 Å². The minimum absolute atomic E-state index is 0.00757. The Labute approximate surface area is 261 Å². The normalized spacial score (nSPS) is 21.4. The van der Waals surface area contributed by atoms with Gasteiger partial charge in [-0.05, 0) is 56.7 Å². The lowest BCUT2D eigenvalue weighted by Gasteiger charge is -2.34. The molecule has 0 radical (unpaired) electrons. The molecule has 0 bridgehead atoms. The summed E-state index contributed by atoms with van der Waals surface area (Å²) in [6.45, 7) is -0.388. The van der Waals surface area contributed by atoms with Crippen LogP contribution >= 0.6 is 11.6 Å². The third-order valence-electron chi connectivity index (χ3n) is 8.16. The largest absolute Gasteiger partial charge is 0.435 e. The van der Waals surface area contributed by atoms with E-state index in [1.807, 2.05) is 0 Å². The zero-order valence-corrected chi connectivity index (χ0v) is 25.0. The fraction of sp³-hybridized carbons (Fsp3) is 0.448. The first-order chi connectivity index (χ1) is 21.3. The molecule has 238 valence electrons. The van der Waals surface area contributed by atoms with Gasteiger partial charge < -0.3 is 26.3 Å². The number of benzene rings is 1. The Balaban J connectivity index is 1.18. The summed E-state index contributed by atoms with van der Waals surface area (Å²) in [5.41, 5.74) is 4.66. The quantitative estimate of drug-likeness (QED) is 0.290. The number of amides is 3. The van der Waals surface area contributed by atoms with Crippen molar-refractivity contribution in [3.05, 3.63) is 52.7 Å². The standard InChI is InChI=1S/C29H31ClF3N9O3/c1-41-23(21-14-42(9-8-34)40-24(21)29(31,32)33)13-36-25(41)28(45)39-19-6-7-20(22(30)12-19)27(44)38-18-4-2-17(3-5-18)37-26(43)15-10-16(35)11-15/h6-7,12-18H,2-5,9-11,35H2,1H3,(H,37,43)(H,38,44)(H,39,45)/t15-,16-,17-,18+. The summed E-state index contributed by atoms with van der Waals surface area (Å²) in [6.07, 6.45) is 1.70. The van der Waals surface area contributed by atoms with Gasteiger partial charge in [-0.1, -0.05) is 11.6 Å². The molecule has 45 heavy (non-hydrogen) atoms. The Bertz CT molecular complexity index is 1650. The number of nitrogens with two attached hydrogens (primary N) is 1. The lowest BCUT2D eigenvalue weighted by molar-refractivity contribution is -0.141. The van der Waals surface area contributed by atoms with Gasteiger partial charge in [-0.3, -0.25) is 19.1 Å². The molecule has 2 saturated carbocycles. The maximum atomic E-state index is 13.6. The van der Waals surface area contributed by atoms with E-state index in [9.17, 15) is 27.6 Å². The molecule has 5 rings (SSSR count). The van der Waals surface area contributed by atoms with E-state index in [2.05, 4.69) is 26.0 Å². The number of aromatic nitrogens is 4. The van der Waals surface area contributed by atoms with E-state index in [1.165, 1.54) is 29.8 Å². The lowest BCUT2D eigenvalue weighted by Crippen LogP contribution is -2.49. The van der Waals surface area contributed by atoms with Crippen molar-refractivity contribution in [1.82, 2.24) is 30.0 Å². The fourth-order valence-corrected chi connectivity index (χ4v) is 5.91. The van der Waals surface area contributed by atoms with E-state index >= 15 is 0 Å². The van der Waals surface area contributed by atoms with Crippen molar-refractivity contribution >= 4 is 35.0 Å². The van der Waals surface area contributed by atoms with E-state index in [1.54, 1.807) is 6.07 Å². The van der Waals surface area contributed by atoms with Crippen molar-refractivity contribution in [3.63, 3.8) is 0 Å². The number of carbonyl (C=O) groups excluding carboxylic acids is 3. The predicted octanol–water partition coefficient (Wildman–Crippen LogP) is 3.63. The van der Waals surface area contributed by atoms with Crippen LogP contribution in [-0.2, 0) is 24.6 Å². The van der Waals surface area contributed by atoms with Crippen LogP contribution < -0.4 is 21.7 Å². The molecule has 3 aromatic rings. The van der Waals surface area contributed by atoms with Crippen molar-refractivity contribution in [1.29, 1.82) is 5.26 Å². The van der Waals surface area contributed by atoms with Crippen LogP contribution in [0.1, 0.15) is 65.2 Å². The summed E-state index contributed by atoms with van der Waals surface area (Å²) in [5.74, 6) is -1.25. The molecular formula is C29H31ClF3N9O3. The summed E-state index contributed by atoms with van der Waals surface area (Å²) in [7, 11) is 1.38. The first-order valence-corrected chi connectivity index (χ1v) is 14.7. The van der Waals surface area contributed by atoms with Gasteiger partial charge in [0.15, 0.2) is 11.5 Å². The highest BCUT2D eigenvalue weighted by atomic mass is 35.5. The number of rotatable bonds is 8. The molecule has 5 N–H and O–H groups in total. The molecule has 0 aliphatic heterocycles. The first kappa shape index (κ1) is 32.0. The van der Waals surface area contributed by atoms with Gasteiger partial charge in [0.25, 0.3) is 11.8 Å². The average Bonchev–Trinajstić information content (AvgIpc) is 3.56. The van der Waals surface area contributed by atoms with E-state index in [0.717, 1.165) is 29.9 Å². The molecule has 2 aromatic heterocycles. The van der Waals surface area contributed by atoms with Crippen LogP contribution in [0.25, 0.3) is 11.3 Å². The summed E-state index contributed by atoms with van der Waals surface area (Å²) in [4.78, 5) is 42.3. The Morgan fingerprint density at radius 3 is 2.38 bits per heavy atom. The summed E-state index contributed by atoms with van der Waals surface area (Å²) in [5, 5.41) is 21.1. The zero-order chi connectivity index (χ0) is 32.5. The first-order valence-electron chi connectivity index (χ1n) is 14.4. The molecule has 0 unspecified atom stereocenters. The van der Waals surface area contributed by atoms with Crippen molar-refractivity contribution in [3.8, 4) is 17.3 Å². The minimum Gasteiger partial charge on any atom is -0.353 e. The number of nitrogens with zero attached hydrogens (tertiary/aromatic N) is 5. The average molecular weight is 646 g/mol. The third-order valence-corrected chi connectivity index (χ3v) is 8.47. The van der Waals surface area contributed by atoms with Crippen LogP contribution in [0, 0.1) is 17.2 Å². The molecule has 0 atom stereocenters.